The minimum Gasteiger partial charge on any atom is -0.467 e. The highest BCUT2D eigenvalue weighted by molar-refractivity contribution is 7.14. The van der Waals surface area contributed by atoms with Gasteiger partial charge in [-0.15, -0.1) is 11.3 Å². The molecule has 1 fully saturated rings. The first-order valence-electron chi connectivity index (χ1n) is 7.13. The van der Waals surface area contributed by atoms with Gasteiger partial charge in [0, 0.05) is 33.2 Å². The van der Waals surface area contributed by atoms with Crippen molar-refractivity contribution in [1.82, 2.24) is 10.2 Å². The Labute approximate surface area is 128 Å². The second kappa shape index (κ2) is 6.67. The maximum absolute atomic E-state index is 5.34. The van der Waals surface area contributed by atoms with Crippen LogP contribution in [-0.4, -0.2) is 44.1 Å². The molecule has 1 aliphatic heterocycles. The van der Waals surface area contributed by atoms with Crippen LogP contribution >= 0.6 is 11.3 Å². The van der Waals surface area contributed by atoms with Gasteiger partial charge in [-0.3, -0.25) is 4.99 Å². The summed E-state index contributed by atoms with van der Waals surface area (Å²) in [6.07, 6.45) is 1.69. The van der Waals surface area contributed by atoms with Crippen molar-refractivity contribution < 1.29 is 4.42 Å². The number of anilines is 1. The second-order valence-electron chi connectivity index (χ2n) is 4.91. The number of nitrogens with one attached hydrogen (secondary N) is 1. The molecule has 6 heteroatoms. The molecule has 2 aromatic heterocycles. The third-order valence-corrected chi connectivity index (χ3v) is 4.54. The number of thiophene rings is 1. The molecule has 0 radical (unpaired) electrons. The van der Waals surface area contributed by atoms with Crippen LogP contribution in [0.3, 0.4) is 0 Å². The van der Waals surface area contributed by atoms with E-state index in [0.29, 0.717) is 6.54 Å². The summed E-state index contributed by atoms with van der Waals surface area (Å²) in [5, 5.41) is 6.84. The lowest BCUT2D eigenvalue weighted by atomic mass is 10.3. The first-order chi connectivity index (χ1) is 10.4. The van der Waals surface area contributed by atoms with Crippen molar-refractivity contribution in [2.45, 2.75) is 6.54 Å². The molecule has 0 atom stereocenters. The molecule has 0 aromatic carbocycles. The van der Waals surface area contributed by atoms with Crippen molar-refractivity contribution in [1.29, 1.82) is 0 Å². The van der Waals surface area contributed by atoms with Crippen LogP contribution < -0.4 is 10.2 Å². The van der Waals surface area contributed by atoms with Crippen LogP contribution in [-0.2, 0) is 6.54 Å². The average Bonchev–Trinajstić information content (AvgIpc) is 3.22. The fourth-order valence-corrected chi connectivity index (χ4v) is 3.29. The van der Waals surface area contributed by atoms with E-state index in [4.69, 9.17) is 4.42 Å². The zero-order chi connectivity index (χ0) is 14.5. The van der Waals surface area contributed by atoms with Crippen LogP contribution in [0.1, 0.15) is 5.76 Å². The Balaban J connectivity index is 1.52. The number of piperazine rings is 1. The predicted octanol–water partition coefficient (Wildman–Crippen LogP) is 2.24. The van der Waals surface area contributed by atoms with E-state index in [2.05, 4.69) is 37.6 Å². The molecule has 112 valence electrons. The molecule has 0 aliphatic carbocycles. The van der Waals surface area contributed by atoms with E-state index in [0.717, 1.165) is 37.9 Å². The van der Waals surface area contributed by atoms with Crippen LogP contribution in [0.25, 0.3) is 0 Å². The zero-order valence-corrected chi connectivity index (χ0v) is 13.0. The van der Waals surface area contributed by atoms with Crippen LogP contribution in [0.2, 0.25) is 0 Å². The van der Waals surface area contributed by atoms with Gasteiger partial charge >= 0.3 is 0 Å². The summed E-state index contributed by atoms with van der Waals surface area (Å²) < 4.78 is 5.34. The number of furan rings is 1. The molecule has 3 rings (SSSR count). The Morgan fingerprint density at radius 2 is 2.14 bits per heavy atom. The number of rotatable bonds is 3. The van der Waals surface area contributed by atoms with Crippen molar-refractivity contribution >= 4 is 22.3 Å². The monoisotopic (exact) mass is 304 g/mol. The fourth-order valence-electron chi connectivity index (χ4n) is 2.50. The Bertz CT molecular complexity index is 557. The van der Waals surface area contributed by atoms with Crippen LogP contribution in [0.4, 0.5) is 5.00 Å². The average molecular weight is 304 g/mol. The predicted molar refractivity (Wildman–Crippen MR) is 87.0 cm³/mol. The lowest BCUT2D eigenvalue weighted by Gasteiger charge is -2.36. The highest BCUT2D eigenvalue weighted by Gasteiger charge is 2.20. The minimum atomic E-state index is 0.671. The van der Waals surface area contributed by atoms with Gasteiger partial charge in [0.1, 0.15) is 5.76 Å². The normalized spacial score (nSPS) is 16.3. The minimum absolute atomic E-state index is 0.671. The number of aliphatic imine (C=N–C) groups is 1. The highest BCUT2D eigenvalue weighted by Crippen LogP contribution is 2.22. The molecule has 0 saturated carbocycles. The van der Waals surface area contributed by atoms with E-state index in [1.165, 1.54) is 5.00 Å². The molecule has 0 bridgehead atoms. The molecule has 1 N–H and O–H groups in total. The van der Waals surface area contributed by atoms with Gasteiger partial charge in [0.2, 0.25) is 0 Å². The summed E-state index contributed by atoms with van der Waals surface area (Å²) >= 11 is 1.80. The molecule has 0 spiro atoms. The molecule has 5 nitrogen and oxygen atoms in total. The third-order valence-electron chi connectivity index (χ3n) is 3.61. The van der Waals surface area contributed by atoms with Crippen molar-refractivity contribution in [3.8, 4) is 0 Å². The van der Waals surface area contributed by atoms with Gasteiger partial charge in [-0.25, -0.2) is 0 Å². The van der Waals surface area contributed by atoms with Crippen molar-refractivity contribution in [2.24, 2.45) is 4.99 Å². The van der Waals surface area contributed by atoms with Gasteiger partial charge < -0.3 is 19.5 Å². The Hall–Kier alpha value is -1.95. The summed E-state index contributed by atoms with van der Waals surface area (Å²) in [5.41, 5.74) is 0. The van der Waals surface area contributed by atoms with E-state index in [-0.39, 0.29) is 0 Å². The number of guanidine groups is 1. The Kier molecular flexibility index (Phi) is 4.45. The molecular weight excluding hydrogens is 284 g/mol. The number of hydrogen-bond donors (Lipinski definition) is 1. The van der Waals surface area contributed by atoms with E-state index in [1.807, 2.05) is 19.2 Å². The molecule has 21 heavy (non-hydrogen) atoms. The third kappa shape index (κ3) is 3.39. The Morgan fingerprint density at radius 1 is 1.29 bits per heavy atom. The lowest BCUT2D eigenvalue weighted by Crippen LogP contribution is -2.52. The van der Waals surface area contributed by atoms with Crippen LogP contribution in [0.5, 0.6) is 0 Å². The first-order valence-corrected chi connectivity index (χ1v) is 8.01. The van der Waals surface area contributed by atoms with Gasteiger partial charge in [0.15, 0.2) is 5.96 Å². The Morgan fingerprint density at radius 3 is 2.76 bits per heavy atom. The standard InChI is InChI=1S/C15H20N4OS/c1-16-15(17-12-13-4-2-10-20-13)19-8-6-18(7-9-19)14-5-3-11-21-14/h2-5,10-11H,6-9,12H2,1H3,(H,16,17). The number of nitrogens with zero attached hydrogens (tertiary/aromatic N) is 3. The topological polar surface area (TPSA) is 44.0 Å². The lowest BCUT2D eigenvalue weighted by molar-refractivity contribution is 0.370. The molecular formula is C15H20N4OS. The molecule has 1 saturated heterocycles. The summed E-state index contributed by atoms with van der Waals surface area (Å²) in [5.74, 6) is 1.87. The zero-order valence-electron chi connectivity index (χ0n) is 12.2. The highest BCUT2D eigenvalue weighted by atomic mass is 32.1. The summed E-state index contributed by atoms with van der Waals surface area (Å²) in [4.78, 5) is 9.10. The summed E-state index contributed by atoms with van der Waals surface area (Å²) in [6.45, 7) is 4.69. The number of hydrogen-bond acceptors (Lipinski definition) is 4. The van der Waals surface area contributed by atoms with E-state index in [9.17, 15) is 0 Å². The summed E-state index contributed by atoms with van der Waals surface area (Å²) in [7, 11) is 1.83. The molecule has 1 aliphatic rings. The SMILES string of the molecule is CN=C(NCc1ccco1)N1CCN(c2cccs2)CC1. The van der Waals surface area contributed by atoms with E-state index in [1.54, 1.807) is 17.6 Å². The van der Waals surface area contributed by atoms with Gasteiger partial charge in [0.25, 0.3) is 0 Å². The fraction of sp³-hybridized carbons (Fsp3) is 0.400. The molecule has 0 unspecified atom stereocenters. The van der Waals surface area contributed by atoms with Crippen LogP contribution in [0, 0.1) is 0 Å². The molecule has 2 aromatic rings. The largest absolute Gasteiger partial charge is 0.467 e. The first kappa shape index (κ1) is 14.0. The van der Waals surface area contributed by atoms with E-state index >= 15 is 0 Å². The second-order valence-corrected chi connectivity index (χ2v) is 5.83. The van der Waals surface area contributed by atoms with Crippen molar-refractivity contribution in [3.05, 3.63) is 41.7 Å². The van der Waals surface area contributed by atoms with Gasteiger partial charge in [-0.05, 0) is 29.6 Å². The van der Waals surface area contributed by atoms with Gasteiger partial charge in [0.05, 0.1) is 17.8 Å². The summed E-state index contributed by atoms with van der Waals surface area (Å²) in [6, 6.07) is 8.16. The van der Waals surface area contributed by atoms with Crippen molar-refractivity contribution in [3.63, 3.8) is 0 Å². The van der Waals surface area contributed by atoms with Crippen molar-refractivity contribution in [2.75, 3.05) is 38.1 Å². The van der Waals surface area contributed by atoms with Crippen LogP contribution in [0.15, 0.2) is 45.3 Å². The van der Waals surface area contributed by atoms with Gasteiger partial charge in [-0.1, -0.05) is 0 Å². The maximum atomic E-state index is 5.34. The molecule has 3 heterocycles. The molecule has 0 amide bonds. The smallest absolute Gasteiger partial charge is 0.194 e. The van der Waals surface area contributed by atoms with Gasteiger partial charge in [-0.2, -0.15) is 0 Å². The van der Waals surface area contributed by atoms with E-state index < -0.39 is 0 Å². The quantitative estimate of drug-likeness (QED) is 0.698. The maximum Gasteiger partial charge on any atom is 0.194 e.